The number of hydrogen-bond donors (Lipinski definition) is 3. The molecule has 2 atom stereocenters. The second-order valence-electron chi connectivity index (χ2n) is 6.97. The molecule has 0 heterocycles. The lowest BCUT2D eigenvalue weighted by Gasteiger charge is -2.21. The lowest BCUT2D eigenvalue weighted by molar-refractivity contribution is -0.141. The highest BCUT2D eigenvalue weighted by Gasteiger charge is 2.25. The molecule has 9 nitrogen and oxygen atoms in total. The highest BCUT2D eigenvalue weighted by molar-refractivity contribution is 5.92. The van der Waals surface area contributed by atoms with Crippen LogP contribution in [0.15, 0.2) is 60.7 Å². The van der Waals surface area contributed by atoms with Crippen LogP contribution in [0, 0.1) is 0 Å². The van der Waals surface area contributed by atoms with Crippen molar-refractivity contribution < 1.29 is 28.7 Å². The molecule has 0 unspecified atom stereocenters. The van der Waals surface area contributed by atoms with Crippen molar-refractivity contribution in [3.63, 3.8) is 0 Å². The second kappa shape index (κ2) is 12.7. The molecule has 0 aliphatic carbocycles. The van der Waals surface area contributed by atoms with Crippen molar-refractivity contribution in [1.29, 1.82) is 0 Å². The zero-order valence-corrected chi connectivity index (χ0v) is 18.0. The number of amides is 3. The molecular weight excluding hydrogens is 414 g/mol. The lowest BCUT2D eigenvalue weighted by Crippen LogP contribution is -2.54. The average molecular weight is 441 g/mol. The molecule has 0 aliphatic rings. The zero-order chi connectivity index (χ0) is 23.3. The van der Waals surface area contributed by atoms with Crippen LogP contribution in [-0.2, 0) is 36.9 Å². The van der Waals surface area contributed by atoms with Gasteiger partial charge in [0.1, 0.15) is 25.2 Å². The van der Waals surface area contributed by atoms with Crippen LogP contribution in [-0.4, -0.2) is 49.6 Å². The van der Waals surface area contributed by atoms with Gasteiger partial charge in [0.25, 0.3) is 0 Å². The number of rotatable bonds is 10. The molecule has 0 aliphatic heterocycles. The van der Waals surface area contributed by atoms with E-state index in [1.807, 2.05) is 60.7 Å². The fraction of sp³-hybridized carbons (Fsp3) is 0.304. The highest BCUT2D eigenvalue weighted by atomic mass is 16.5. The molecule has 0 aromatic heterocycles. The summed E-state index contributed by atoms with van der Waals surface area (Å²) in [5, 5.41) is 7.49. The minimum atomic E-state index is -0.959. The minimum absolute atomic E-state index is 0.0631. The van der Waals surface area contributed by atoms with E-state index in [-0.39, 0.29) is 19.6 Å². The van der Waals surface area contributed by atoms with Gasteiger partial charge in [0.15, 0.2) is 0 Å². The predicted molar refractivity (Wildman–Crippen MR) is 116 cm³/mol. The Morgan fingerprint density at radius 3 is 2.03 bits per heavy atom. The summed E-state index contributed by atoms with van der Waals surface area (Å²) in [5.41, 5.74) is 1.62. The fourth-order valence-electron chi connectivity index (χ4n) is 2.72. The first-order chi connectivity index (χ1) is 15.4. The topological polar surface area (TPSA) is 123 Å². The van der Waals surface area contributed by atoms with Gasteiger partial charge in [-0.2, -0.15) is 0 Å². The van der Waals surface area contributed by atoms with Gasteiger partial charge in [-0.25, -0.2) is 4.79 Å². The molecule has 0 saturated heterocycles. The molecule has 2 rings (SSSR count). The summed E-state index contributed by atoms with van der Waals surface area (Å²) in [6.07, 6.45) is -0.559. The first-order valence-electron chi connectivity index (χ1n) is 10.0. The van der Waals surface area contributed by atoms with Crippen molar-refractivity contribution in [2.45, 2.75) is 32.0 Å². The van der Waals surface area contributed by atoms with Crippen LogP contribution in [0.3, 0.4) is 0 Å². The van der Waals surface area contributed by atoms with Gasteiger partial charge in [-0.15, -0.1) is 0 Å². The van der Waals surface area contributed by atoms with Crippen molar-refractivity contribution in [2.75, 3.05) is 13.7 Å². The zero-order valence-electron chi connectivity index (χ0n) is 18.0. The average Bonchev–Trinajstić information content (AvgIpc) is 2.81. The Balaban J connectivity index is 1.93. The van der Waals surface area contributed by atoms with Crippen LogP contribution in [0.4, 0.5) is 4.79 Å². The van der Waals surface area contributed by atoms with E-state index in [1.165, 1.54) is 14.0 Å². The fourth-order valence-corrected chi connectivity index (χ4v) is 2.72. The summed E-state index contributed by atoms with van der Waals surface area (Å²) in [6.45, 7) is 1.22. The molecule has 2 aromatic rings. The van der Waals surface area contributed by atoms with Crippen LogP contribution in [0.25, 0.3) is 0 Å². The Labute approximate surface area is 186 Å². The standard InChI is InChI=1S/C23H27N3O6/c1-16(25-23(30)32-15-18-11-7-4-8-12-18)21(28)26-19(13-17-9-5-3-6-10-17)22(29)24-14-20(27)31-2/h3-12,16,19H,13-15H2,1-2H3,(H,24,29)(H,25,30)(H,26,28)/t16-,19-/m0/s1. The molecule has 3 amide bonds. The lowest BCUT2D eigenvalue weighted by atomic mass is 10.0. The van der Waals surface area contributed by atoms with Gasteiger partial charge in [-0.1, -0.05) is 60.7 Å². The summed E-state index contributed by atoms with van der Waals surface area (Å²) in [5.74, 6) is -1.73. The van der Waals surface area contributed by atoms with E-state index in [0.29, 0.717) is 0 Å². The third-order valence-electron chi connectivity index (χ3n) is 4.49. The number of methoxy groups -OCH3 is 1. The number of alkyl carbamates (subject to hydrolysis) is 1. The van der Waals surface area contributed by atoms with Crippen molar-refractivity contribution >= 4 is 23.9 Å². The minimum Gasteiger partial charge on any atom is -0.468 e. The molecule has 0 saturated carbocycles. The summed E-state index contributed by atoms with van der Waals surface area (Å²) < 4.78 is 9.63. The molecule has 32 heavy (non-hydrogen) atoms. The molecule has 0 spiro atoms. The van der Waals surface area contributed by atoms with Gasteiger partial charge < -0.3 is 25.4 Å². The third kappa shape index (κ3) is 8.47. The van der Waals surface area contributed by atoms with Gasteiger partial charge in [-0.05, 0) is 18.1 Å². The number of nitrogens with one attached hydrogen (secondary N) is 3. The Bertz CT molecular complexity index is 904. The van der Waals surface area contributed by atoms with Crippen molar-refractivity contribution in [3.05, 3.63) is 71.8 Å². The Hall–Kier alpha value is -3.88. The normalized spacial score (nSPS) is 12.1. The predicted octanol–water partition coefficient (Wildman–Crippen LogP) is 1.32. The molecular formula is C23H27N3O6. The van der Waals surface area contributed by atoms with Crippen LogP contribution < -0.4 is 16.0 Å². The van der Waals surface area contributed by atoms with E-state index in [9.17, 15) is 19.2 Å². The van der Waals surface area contributed by atoms with Gasteiger partial charge in [0, 0.05) is 6.42 Å². The summed E-state index contributed by atoms with van der Waals surface area (Å²) in [6, 6.07) is 16.3. The van der Waals surface area contributed by atoms with E-state index >= 15 is 0 Å². The number of hydrogen-bond acceptors (Lipinski definition) is 6. The molecule has 9 heteroatoms. The number of esters is 1. The SMILES string of the molecule is COC(=O)CNC(=O)[C@H](Cc1ccccc1)NC(=O)[C@H](C)NC(=O)OCc1ccccc1. The third-order valence-corrected chi connectivity index (χ3v) is 4.49. The van der Waals surface area contributed by atoms with E-state index in [1.54, 1.807) is 0 Å². The number of ether oxygens (including phenoxy) is 2. The summed E-state index contributed by atoms with van der Waals surface area (Å²) >= 11 is 0. The van der Waals surface area contributed by atoms with E-state index in [2.05, 4.69) is 20.7 Å². The maximum absolute atomic E-state index is 12.6. The Morgan fingerprint density at radius 2 is 1.44 bits per heavy atom. The molecule has 0 fully saturated rings. The van der Waals surface area contributed by atoms with Gasteiger partial charge >= 0.3 is 12.1 Å². The first kappa shape index (κ1) is 24.4. The van der Waals surface area contributed by atoms with Crippen molar-refractivity contribution in [1.82, 2.24) is 16.0 Å². The first-order valence-corrected chi connectivity index (χ1v) is 10.0. The monoisotopic (exact) mass is 441 g/mol. The maximum atomic E-state index is 12.6. The quantitative estimate of drug-likeness (QED) is 0.478. The number of carbonyl (C=O) groups excluding carboxylic acids is 4. The van der Waals surface area contributed by atoms with Crippen LogP contribution in [0.1, 0.15) is 18.1 Å². The summed E-state index contributed by atoms with van der Waals surface area (Å²) in [4.78, 5) is 48.5. The highest BCUT2D eigenvalue weighted by Crippen LogP contribution is 2.05. The molecule has 0 bridgehead atoms. The molecule has 0 radical (unpaired) electrons. The largest absolute Gasteiger partial charge is 0.468 e. The van der Waals surface area contributed by atoms with Gasteiger partial charge in [0.05, 0.1) is 7.11 Å². The van der Waals surface area contributed by atoms with Crippen LogP contribution in [0.5, 0.6) is 0 Å². The Kier molecular flexibility index (Phi) is 9.70. The number of benzene rings is 2. The molecule has 3 N–H and O–H groups in total. The van der Waals surface area contributed by atoms with Crippen LogP contribution in [0.2, 0.25) is 0 Å². The maximum Gasteiger partial charge on any atom is 0.408 e. The number of carbonyl (C=O) groups is 4. The molecule has 170 valence electrons. The van der Waals surface area contributed by atoms with Gasteiger partial charge in [-0.3, -0.25) is 14.4 Å². The van der Waals surface area contributed by atoms with E-state index < -0.39 is 36.0 Å². The summed E-state index contributed by atoms with van der Waals surface area (Å²) in [7, 11) is 1.21. The van der Waals surface area contributed by atoms with Crippen molar-refractivity contribution in [2.24, 2.45) is 0 Å². The molecule has 2 aromatic carbocycles. The Morgan fingerprint density at radius 1 is 0.844 bits per heavy atom. The van der Waals surface area contributed by atoms with Crippen LogP contribution >= 0.6 is 0 Å². The van der Waals surface area contributed by atoms with E-state index in [4.69, 9.17) is 4.74 Å². The van der Waals surface area contributed by atoms with Gasteiger partial charge in [0.2, 0.25) is 11.8 Å². The second-order valence-corrected chi connectivity index (χ2v) is 6.97. The van der Waals surface area contributed by atoms with Crippen molar-refractivity contribution in [3.8, 4) is 0 Å². The smallest absolute Gasteiger partial charge is 0.408 e. The van der Waals surface area contributed by atoms with E-state index in [0.717, 1.165) is 11.1 Å².